The van der Waals surface area contributed by atoms with Crippen LogP contribution >= 0.6 is 0 Å². The second kappa shape index (κ2) is 12.0. The number of carboxylic acids is 1. The van der Waals surface area contributed by atoms with Crippen molar-refractivity contribution in [3.8, 4) is 0 Å². The Kier molecular flexibility index (Phi) is 8.46. The van der Waals surface area contributed by atoms with Gasteiger partial charge in [0.25, 0.3) is 11.8 Å². The first kappa shape index (κ1) is 28.3. The molecule has 0 bridgehead atoms. The molecule has 0 spiro atoms. The summed E-state index contributed by atoms with van der Waals surface area (Å²) in [7, 11) is 1.76. The first-order chi connectivity index (χ1) is 19.1. The van der Waals surface area contributed by atoms with E-state index >= 15 is 0 Å². The van der Waals surface area contributed by atoms with Gasteiger partial charge in [0.05, 0.1) is 23.8 Å². The number of aliphatic carboxylic acids is 1. The van der Waals surface area contributed by atoms with Crippen molar-refractivity contribution in [1.82, 2.24) is 24.2 Å². The minimum Gasteiger partial charge on any atom is -0.475 e. The second-order valence-electron chi connectivity index (χ2n) is 9.08. The molecule has 9 nitrogen and oxygen atoms in total. The van der Waals surface area contributed by atoms with Gasteiger partial charge >= 0.3 is 12.1 Å². The van der Waals surface area contributed by atoms with Crippen LogP contribution in [0.15, 0.2) is 79.1 Å². The summed E-state index contributed by atoms with van der Waals surface area (Å²) in [5.41, 5.74) is 2.61. The van der Waals surface area contributed by atoms with E-state index < -0.39 is 12.1 Å². The fourth-order valence-corrected chi connectivity index (χ4v) is 4.47. The van der Waals surface area contributed by atoms with E-state index in [1.54, 1.807) is 18.1 Å². The van der Waals surface area contributed by atoms with E-state index in [0.717, 1.165) is 29.9 Å². The van der Waals surface area contributed by atoms with Crippen LogP contribution in [0.1, 0.15) is 51.2 Å². The minimum absolute atomic E-state index is 0.00840. The number of rotatable bonds is 5. The molecular formula is C28H26F3N5O4. The molecule has 1 atom stereocenters. The number of carbonyl (C=O) groups is 3. The maximum absolute atomic E-state index is 13.4. The zero-order valence-electron chi connectivity index (χ0n) is 21.5. The van der Waals surface area contributed by atoms with E-state index in [1.807, 2.05) is 82.2 Å². The summed E-state index contributed by atoms with van der Waals surface area (Å²) >= 11 is 0. The molecule has 5 rings (SSSR count). The van der Waals surface area contributed by atoms with Gasteiger partial charge in [0.15, 0.2) is 5.69 Å². The predicted molar refractivity (Wildman–Crippen MR) is 138 cm³/mol. The molecule has 1 aliphatic rings. The van der Waals surface area contributed by atoms with Gasteiger partial charge < -0.3 is 19.3 Å². The third-order valence-corrected chi connectivity index (χ3v) is 6.33. The molecule has 0 aliphatic carbocycles. The number of pyridine rings is 2. The van der Waals surface area contributed by atoms with Crippen molar-refractivity contribution in [2.45, 2.75) is 31.6 Å². The van der Waals surface area contributed by atoms with Gasteiger partial charge in [0, 0.05) is 31.5 Å². The quantitative estimate of drug-likeness (QED) is 0.387. The van der Waals surface area contributed by atoms with Crippen LogP contribution in [0.5, 0.6) is 0 Å². The number of amides is 2. The van der Waals surface area contributed by atoms with Crippen molar-refractivity contribution in [3.05, 3.63) is 102 Å². The number of imidazole rings is 1. The molecule has 1 aliphatic heterocycles. The van der Waals surface area contributed by atoms with E-state index in [9.17, 15) is 22.8 Å². The number of carbonyl (C=O) groups excluding carboxylic acids is 2. The summed E-state index contributed by atoms with van der Waals surface area (Å²) in [4.78, 5) is 48.1. The Hall–Kier alpha value is -4.74. The molecule has 2 amide bonds. The average Bonchev–Trinajstić information content (AvgIpc) is 3.58. The van der Waals surface area contributed by atoms with Crippen molar-refractivity contribution in [2.24, 2.45) is 0 Å². The fourth-order valence-electron chi connectivity index (χ4n) is 4.47. The molecule has 1 unspecified atom stereocenters. The lowest BCUT2D eigenvalue weighted by molar-refractivity contribution is -0.192. The van der Waals surface area contributed by atoms with E-state index in [0.29, 0.717) is 24.3 Å². The summed E-state index contributed by atoms with van der Waals surface area (Å²) < 4.78 is 33.7. The molecule has 12 heteroatoms. The van der Waals surface area contributed by atoms with Crippen LogP contribution in [0.25, 0.3) is 5.52 Å². The highest BCUT2D eigenvalue weighted by molar-refractivity contribution is 5.99. The number of likely N-dealkylation sites (tertiary alicyclic amines) is 1. The number of hydrogen-bond donors (Lipinski definition) is 1. The SMILES string of the molecule is CN(Cc1ccccn1)C(=O)c1nc(C2CCCN2C(=O)c2ccccc2)n2ccccc12.O=C(O)C(F)(F)F. The Bertz CT molecular complexity index is 1490. The Morgan fingerprint density at radius 3 is 2.35 bits per heavy atom. The maximum Gasteiger partial charge on any atom is 0.490 e. The van der Waals surface area contributed by atoms with Crippen LogP contribution in [0.3, 0.4) is 0 Å². The van der Waals surface area contributed by atoms with Crippen molar-refractivity contribution in [1.29, 1.82) is 0 Å². The number of alkyl halides is 3. The van der Waals surface area contributed by atoms with Crippen LogP contribution in [-0.2, 0) is 11.3 Å². The van der Waals surface area contributed by atoms with Crippen LogP contribution in [0.2, 0.25) is 0 Å². The normalized spacial score (nSPS) is 14.9. The molecule has 1 saturated heterocycles. The van der Waals surface area contributed by atoms with E-state index in [4.69, 9.17) is 14.9 Å². The fraction of sp³-hybridized carbons (Fsp3) is 0.250. The van der Waals surface area contributed by atoms with Crippen LogP contribution in [0, 0.1) is 0 Å². The standard InChI is InChI=1S/C26H25N5O2.C2HF3O2/c1-29(18-20-12-5-7-15-27-20)26(33)23-21-13-6-8-16-30(21)24(28-23)22-14-9-17-31(22)25(32)19-10-3-2-4-11-19;3-2(4,5)1(6)7/h2-8,10-13,15-16,22H,9,14,17-18H2,1H3;(H,6,7). The Labute approximate surface area is 227 Å². The summed E-state index contributed by atoms with van der Waals surface area (Å²) in [5.74, 6) is -2.21. The number of carboxylic acid groups (broad SMARTS) is 1. The van der Waals surface area contributed by atoms with Gasteiger partial charge in [0.2, 0.25) is 0 Å². The van der Waals surface area contributed by atoms with Gasteiger partial charge in [-0.1, -0.05) is 30.3 Å². The summed E-state index contributed by atoms with van der Waals surface area (Å²) in [6, 6.07) is 20.5. The Morgan fingerprint density at radius 2 is 1.70 bits per heavy atom. The third-order valence-electron chi connectivity index (χ3n) is 6.33. The third kappa shape index (κ3) is 6.28. The molecule has 3 aromatic heterocycles. The molecule has 0 radical (unpaired) electrons. The van der Waals surface area contributed by atoms with Gasteiger partial charge in [-0.25, -0.2) is 9.78 Å². The number of aromatic nitrogens is 3. The monoisotopic (exact) mass is 553 g/mol. The van der Waals surface area contributed by atoms with E-state index in [-0.39, 0.29) is 17.9 Å². The van der Waals surface area contributed by atoms with Gasteiger partial charge in [-0.15, -0.1) is 0 Å². The molecule has 1 aromatic carbocycles. The number of fused-ring (bicyclic) bond motifs is 1. The first-order valence-corrected chi connectivity index (χ1v) is 12.4. The van der Waals surface area contributed by atoms with Gasteiger partial charge in [0.1, 0.15) is 5.82 Å². The molecule has 0 saturated carbocycles. The Balaban J connectivity index is 0.000000470. The smallest absolute Gasteiger partial charge is 0.475 e. The number of nitrogens with zero attached hydrogens (tertiary/aromatic N) is 5. The summed E-state index contributed by atoms with van der Waals surface area (Å²) in [6.07, 6.45) is 0.255. The topological polar surface area (TPSA) is 108 Å². The molecule has 1 fully saturated rings. The zero-order chi connectivity index (χ0) is 28.9. The lowest BCUT2D eigenvalue weighted by atomic mass is 10.1. The van der Waals surface area contributed by atoms with Crippen LogP contribution < -0.4 is 0 Å². The lowest BCUT2D eigenvalue weighted by Gasteiger charge is -2.24. The van der Waals surface area contributed by atoms with Crippen molar-refractivity contribution in [2.75, 3.05) is 13.6 Å². The maximum atomic E-state index is 13.4. The molecular weight excluding hydrogens is 527 g/mol. The van der Waals surface area contributed by atoms with Crippen LogP contribution in [0.4, 0.5) is 13.2 Å². The number of benzene rings is 1. The van der Waals surface area contributed by atoms with Gasteiger partial charge in [-0.2, -0.15) is 13.2 Å². The van der Waals surface area contributed by atoms with E-state index in [2.05, 4.69) is 4.98 Å². The number of hydrogen-bond acceptors (Lipinski definition) is 5. The molecule has 40 heavy (non-hydrogen) atoms. The molecule has 4 aromatic rings. The van der Waals surface area contributed by atoms with Gasteiger partial charge in [-0.3, -0.25) is 14.6 Å². The van der Waals surface area contributed by atoms with E-state index in [1.165, 1.54) is 0 Å². The van der Waals surface area contributed by atoms with Crippen LogP contribution in [-0.4, -0.2) is 66.8 Å². The van der Waals surface area contributed by atoms with Gasteiger partial charge in [-0.05, 0) is 49.2 Å². The first-order valence-electron chi connectivity index (χ1n) is 12.4. The summed E-state index contributed by atoms with van der Waals surface area (Å²) in [5, 5.41) is 7.12. The predicted octanol–water partition coefficient (Wildman–Crippen LogP) is 4.61. The second-order valence-corrected chi connectivity index (χ2v) is 9.08. The number of halogens is 3. The minimum atomic E-state index is -5.08. The largest absolute Gasteiger partial charge is 0.490 e. The highest BCUT2D eigenvalue weighted by Crippen LogP contribution is 2.34. The Morgan fingerprint density at radius 1 is 1.02 bits per heavy atom. The van der Waals surface area contributed by atoms with Crippen molar-refractivity contribution in [3.63, 3.8) is 0 Å². The average molecular weight is 554 g/mol. The zero-order valence-corrected chi connectivity index (χ0v) is 21.5. The highest BCUT2D eigenvalue weighted by Gasteiger charge is 2.38. The summed E-state index contributed by atoms with van der Waals surface area (Å²) in [6.45, 7) is 1.06. The molecule has 1 N–H and O–H groups in total. The van der Waals surface area contributed by atoms with Crippen molar-refractivity contribution >= 4 is 23.3 Å². The molecule has 4 heterocycles. The molecule has 208 valence electrons. The van der Waals surface area contributed by atoms with Crippen molar-refractivity contribution < 1.29 is 32.7 Å². The lowest BCUT2D eigenvalue weighted by Crippen LogP contribution is -2.31. The highest BCUT2D eigenvalue weighted by atomic mass is 19.4.